The summed E-state index contributed by atoms with van der Waals surface area (Å²) in [5.74, 6) is 0.686. The van der Waals surface area contributed by atoms with Gasteiger partial charge in [0.05, 0.1) is 0 Å². The molecule has 0 unspecified atom stereocenters. The van der Waals surface area contributed by atoms with E-state index in [9.17, 15) is 4.79 Å². The Balaban J connectivity index is 1.71. The Morgan fingerprint density at radius 3 is 2.29 bits per heavy atom. The summed E-state index contributed by atoms with van der Waals surface area (Å²) < 4.78 is 0. The predicted molar refractivity (Wildman–Crippen MR) is 96.4 cm³/mol. The van der Waals surface area contributed by atoms with Crippen LogP contribution in [0.15, 0.2) is 6.07 Å². The highest BCUT2D eigenvalue weighted by atomic mass is 16.1. The van der Waals surface area contributed by atoms with Crippen LogP contribution in [-0.2, 0) is 0 Å². The number of rotatable bonds is 3. The van der Waals surface area contributed by atoms with E-state index in [1.54, 1.807) is 0 Å². The van der Waals surface area contributed by atoms with Crippen molar-refractivity contribution in [1.29, 1.82) is 0 Å². The third-order valence-corrected chi connectivity index (χ3v) is 5.15. The minimum absolute atomic E-state index is 0.0385. The third-order valence-electron chi connectivity index (χ3n) is 5.15. The lowest BCUT2D eigenvalue weighted by Crippen LogP contribution is -2.35. The number of hydrogen-bond acceptors (Lipinski definition) is 4. The Morgan fingerprint density at radius 1 is 1.00 bits per heavy atom. The number of nitrogens with one attached hydrogen (secondary N) is 1. The summed E-state index contributed by atoms with van der Waals surface area (Å²) in [4.78, 5) is 24.1. The number of aryl methyl sites for hydroxylation is 1. The molecule has 1 amide bonds. The van der Waals surface area contributed by atoms with E-state index in [1.165, 1.54) is 51.4 Å². The van der Waals surface area contributed by atoms with Crippen LogP contribution in [0.25, 0.3) is 0 Å². The van der Waals surface area contributed by atoms with Crippen molar-refractivity contribution in [2.45, 2.75) is 77.2 Å². The molecule has 1 saturated heterocycles. The highest BCUT2D eigenvalue weighted by molar-refractivity contribution is 5.92. The normalized spacial score (nSPS) is 20.3. The Hall–Kier alpha value is -1.65. The zero-order valence-electron chi connectivity index (χ0n) is 14.9. The van der Waals surface area contributed by atoms with Crippen LogP contribution in [0.1, 0.15) is 80.4 Å². The zero-order valence-corrected chi connectivity index (χ0v) is 14.9. The Labute approximate surface area is 145 Å². The second-order valence-corrected chi connectivity index (χ2v) is 7.26. The largest absolute Gasteiger partial charge is 0.348 e. The summed E-state index contributed by atoms with van der Waals surface area (Å²) in [5, 5.41) is 3.20. The van der Waals surface area contributed by atoms with Crippen molar-refractivity contribution in [2.75, 3.05) is 18.0 Å². The van der Waals surface area contributed by atoms with E-state index in [4.69, 9.17) is 0 Å². The molecule has 1 aromatic heterocycles. The van der Waals surface area contributed by atoms with Crippen LogP contribution >= 0.6 is 0 Å². The van der Waals surface area contributed by atoms with E-state index < -0.39 is 0 Å². The summed E-state index contributed by atoms with van der Waals surface area (Å²) in [5.41, 5.74) is 1.39. The fourth-order valence-corrected chi connectivity index (χ4v) is 3.76. The molecule has 2 heterocycles. The topological polar surface area (TPSA) is 58.1 Å². The standard InChI is InChI=1S/C19H30N4O/c1-15-14-17(18(24)21-16-10-6-2-3-7-11-16)22-19(20-15)23-12-8-4-5-9-13-23/h14,16H,2-13H2,1H3,(H,21,24). The molecule has 5 heteroatoms. The number of anilines is 1. The highest BCUT2D eigenvalue weighted by Crippen LogP contribution is 2.19. The van der Waals surface area contributed by atoms with Gasteiger partial charge in [0.1, 0.15) is 5.69 Å². The van der Waals surface area contributed by atoms with Gasteiger partial charge in [-0.2, -0.15) is 0 Å². The van der Waals surface area contributed by atoms with E-state index in [0.29, 0.717) is 11.7 Å². The van der Waals surface area contributed by atoms with Crippen LogP contribution in [0, 0.1) is 6.92 Å². The quantitative estimate of drug-likeness (QED) is 0.860. The Morgan fingerprint density at radius 2 is 1.62 bits per heavy atom. The van der Waals surface area contributed by atoms with Crippen LogP contribution in [0.4, 0.5) is 5.95 Å². The molecule has 3 rings (SSSR count). The van der Waals surface area contributed by atoms with Crippen molar-refractivity contribution in [2.24, 2.45) is 0 Å². The van der Waals surface area contributed by atoms with Gasteiger partial charge in [-0.1, -0.05) is 38.5 Å². The second kappa shape index (κ2) is 8.45. The van der Waals surface area contributed by atoms with Gasteiger partial charge >= 0.3 is 0 Å². The molecule has 132 valence electrons. The number of amides is 1. The molecular weight excluding hydrogens is 300 g/mol. The van der Waals surface area contributed by atoms with E-state index in [0.717, 1.165) is 37.6 Å². The van der Waals surface area contributed by atoms with Crippen molar-refractivity contribution in [3.63, 3.8) is 0 Å². The molecule has 1 N–H and O–H groups in total. The minimum Gasteiger partial charge on any atom is -0.348 e. The molecule has 2 aliphatic rings. The molecule has 0 bridgehead atoms. The van der Waals surface area contributed by atoms with Crippen LogP contribution < -0.4 is 10.2 Å². The van der Waals surface area contributed by atoms with Crippen LogP contribution in [0.3, 0.4) is 0 Å². The lowest BCUT2D eigenvalue weighted by atomic mass is 10.1. The molecule has 0 radical (unpaired) electrons. The molecule has 0 aromatic carbocycles. The molecule has 1 saturated carbocycles. The van der Waals surface area contributed by atoms with Gasteiger partial charge in [0.25, 0.3) is 5.91 Å². The van der Waals surface area contributed by atoms with Crippen molar-refractivity contribution in [3.8, 4) is 0 Å². The molecule has 1 aliphatic carbocycles. The number of aromatic nitrogens is 2. The smallest absolute Gasteiger partial charge is 0.270 e. The van der Waals surface area contributed by atoms with Crippen LogP contribution in [0.5, 0.6) is 0 Å². The summed E-state index contributed by atoms with van der Waals surface area (Å²) >= 11 is 0. The first-order chi connectivity index (χ1) is 11.7. The van der Waals surface area contributed by atoms with Gasteiger partial charge in [-0.05, 0) is 38.7 Å². The predicted octanol–water partition coefficient (Wildman–Crippen LogP) is 3.62. The average molecular weight is 330 g/mol. The van der Waals surface area contributed by atoms with Crippen molar-refractivity contribution in [3.05, 3.63) is 17.5 Å². The SMILES string of the molecule is Cc1cc(C(=O)NC2CCCCCC2)nc(N2CCCCCC2)n1. The summed E-state index contributed by atoms with van der Waals surface area (Å²) in [6.45, 7) is 3.94. The van der Waals surface area contributed by atoms with Crippen molar-refractivity contribution >= 4 is 11.9 Å². The summed E-state index contributed by atoms with van der Waals surface area (Å²) in [6, 6.07) is 2.12. The lowest BCUT2D eigenvalue weighted by Gasteiger charge is -2.21. The van der Waals surface area contributed by atoms with Gasteiger partial charge in [-0.3, -0.25) is 4.79 Å². The zero-order chi connectivity index (χ0) is 16.8. The molecule has 2 fully saturated rings. The fourth-order valence-electron chi connectivity index (χ4n) is 3.76. The van der Waals surface area contributed by atoms with Gasteiger partial charge in [-0.25, -0.2) is 9.97 Å². The van der Waals surface area contributed by atoms with Gasteiger partial charge in [-0.15, -0.1) is 0 Å². The Bertz CT molecular complexity index is 544. The number of nitrogens with zero attached hydrogens (tertiary/aromatic N) is 3. The highest BCUT2D eigenvalue weighted by Gasteiger charge is 2.19. The van der Waals surface area contributed by atoms with Crippen molar-refractivity contribution < 1.29 is 4.79 Å². The van der Waals surface area contributed by atoms with Gasteiger partial charge < -0.3 is 10.2 Å². The number of carbonyl (C=O) groups is 1. The first-order valence-electron chi connectivity index (χ1n) is 9.64. The molecule has 24 heavy (non-hydrogen) atoms. The van der Waals surface area contributed by atoms with E-state index in [-0.39, 0.29) is 5.91 Å². The Kier molecular flexibility index (Phi) is 6.05. The van der Waals surface area contributed by atoms with E-state index in [2.05, 4.69) is 20.2 Å². The fraction of sp³-hybridized carbons (Fsp3) is 0.737. The van der Waals surface area contributed by atoms with Crippen LogP contribution in [-0.4, -0.2) is 35.0 Å². The summed E-state index contributed by atoms with van der Waals surface area (Å²) in [6.07, 6.45) is 12.1. The van der Waals surface area contributed by atoms with Crippen molar-refractivity contribution in [1.82, 2.24) is 15.3 Å². The molecule has 5 nitrogen and oxygen atoms in total. The first-order valence-corrected chi connectivity index (χ1v) is 9.64. The molecular formula is C19H30N4O. The monoisotopic (exact) mass is 330 g/mol. The molecule has 0 spiro atoms. The van der Waals surface area contributed by atoms with E-state index in [1.807, 2.05) is 13.0 Å². The molecule has 1 aliphatic heterocycles. The first kappa shape index (κ1) is 17.2. The minimum atomic E-state index is -0.0385. The third kappa shape index (κ3) is 4.68. The van der Waals surface area contributed by atoms with Gasteiger partial charge in [0, 0.05) is 24.8 Å². The average Bonchev–Trinajstić information content (AvgIpc) is 2.99. The summed E-state index contributed by atoms with van der Waals surface area (Å²) in [7, 11) is 0. The lowest BCUT2D eigenvalue weighted by molar-refractivity contribution is 0.0928. The second-order valence-electron chi connectivity index (χ2n) is 7.26. The number of hydrogen-bond donors (Lipinski definition) is 1. The number of carbonyl (C=O) groups excluding carboxylic acids is 1. The molecule has 0 atom stereocenters. The maximum atomic E-state index is 12.7. The van der Waals surface area contributed by atoms with Gasteiger partial charge in [0.2, 0.25) is 5.95 Å². The van der Waals surface area contributed by atoms with E-state index >= 15 is 0 Å². The molecule has 1 aromatic rings. The maximum Gasteiger partial charge on any atom is 0.270 e. The van der Waals surface area contributed by atoms with Gasteiger partial charge in [0.15, 0.2) is 0 Å². The maximum absolute atomic E-state index is 12.7. The van der Waals surface area contributed by atoms with Crippen LogP contribution in [0.2, 0.25) is 0 Å².